The molecule has 0 saturated carbocycles. The van der Waals surface area contributed by atoms with Crippen LogP contribution < -0.4 is 0 Å². The molecule has 1 N–H and O–H groups in total. The summed E-state index contributed by atoms with van der Waals surface area (Å²) >= 11 is 0. The van der Waals surface area contributed by atoms with E-state index in [1.54, 1.807) is 0 Å². The highest BCUT2D eigenvalue weighted by Gasteiger charge is 1.98. The maximum Gasteiger partial charge on any atom is 0.220 e. The Labute approximate surface area is 57.7 Å². The first kappa shape index (κ1) is 6.74. The molecule has 3 heteroatoms. The largest absolute Gasteiger partial charge is 0.506 e. The first-order valence-electron chi connectivity index (χ1n) is 2.71. The number of hydrogen-bond acceptors (Lipinski definition) is 2. The quantitative estimate of drug-likeness (QED) is 0.599. The van der Waals surface area contributed by atoms with Crippen molar-refractivity contribution in [3.8, 4) is 5.75 Å². The van der Waals surface area contributed by atoms with Crippen molar-refractivity contribution in [1.82, 2.24) is 4.98 Å². The van der Waals surface area contributed by atoms with Gasteiger partial charge >= 0.3 is 0 Å². The lowest BCUT2D eigenvalue weighted by molar-refractivity contribution is 0.466. The van der Waals surface area contributed by atoms with Crippen LogP contribution >= 0.6 is 0 Å². The average Bonchev–Trinajstić information content (AvgIpc) is 1.94. The van der Waals surface area contributed by atoms with E-state index in [4.69, 9.17) is 5.11 Å². The van der Waals surface area contributed by atoms with Crippen LogP contribution in [0.3, 0.4) is 0 Å². The molecule has 1 aromatic heterocycles. The summed E-state index contributed by atoms with van der Waals surface area (Å²) in [6, 6.07) is 1.26. The fraction of sp³-hybridized carbons (Fsp3) is 0. The molecule has 0 amide bonds. The van der Waals surface area contributed by atoms with Crippen LogP contribution in [-0.2, 0) is 0 Å². The highest BCUT2D eigenvalue weighted by atomic mass is 19.1. The standard InChI is InChI=1S/C7H6FNO/c1-2-5-3-6(10)4-9-7(5)8/h2-4,10H,1H2. The monoisotopic (exact) mass is 139 g/mol. The molecule has 0 aromatic carbocycles. The molecule has 10 heavy (non-hydrogen) atoms. The van der Waals surface area contributed by atoms with Gasteiger partial charge in [-0.05, 0) is 6.07 Å². The third kappa shape index (κ3) is 1.13. The van der Waals surface area contributed by atoms with Crippen LogP contribution in [0.25, 0.3) is 6.08 Å². The molecule has 1 rings (SSSR count). The van der Waals surface area contributed by atoms with Crippen LogP contribution in [0.1, 0.15) is 5.56 Å². The van der Waals surface area contributed by atoms with Gasteiger partial charge in [0.25, 0.3) is 0 Å². The minimum Gasteiger partial charge on any atom is -0.506 e. The molecule has 0 aliphatic heterocycles. The number of halogens is 1. The molecule has 0 aliphatic rings. The van der Waals surface area contributed by atoms with E-state index in [1.807, 2.05) is 0 Å². The number of aromatic nitrogens is 1. The number of aromatic hydroxyl groups is 1. The lowest BCUT2D eigenvalue weighted by Gasteiger charge is -1.94. The number of nitrogens with zero attached hydrogens (tertiary/aromatic N) is 1. The lowest BCUT2D eigenvalue weighted by Crippen LogP contribution is -1.85. The molecule has 0 spiro atoms. The highest BCUT2D eigenvalue weighted by Crippen LogP contribution is 2.12. The van der Waals surface area contributed by atoms with E-state index in [9.17, 15) is 4.39 Å². The van der Waals surface area contributed by atoms with E-state index >= 15 is 0 Å². The second-order valence-electron chi connectivity index (χ2n) is 1.78. The Morgan fingerprint density at radius 1 is 1.70 bits per heavy atom. The van der Waals surface area contributed by atoms with Gasteiger partial charge in [0.2, 0.25) is 5.95 Å². The summed E-state index contributed by atoms with van der Waals surface area (Å²) in [5.74, 6) is -0.677. The molecule has 0 fully saturated rings. The van der Waals surface area contributed by atoms with Crippen molar-refractivity contribution in [2.75, 3.05) is 0 Å². The van der Waals surface area contributed by atoms with E-state index in [-0.39, 0.29) is 11.3 Å². The summed E-state index contributed by atoms with van der Waals surface area (Å²) in [5, 5.41) is 8.79. The zero-order valence-electron chi connectivity index (χ0n) is 5.21. The molecule has 2 nitrogen and oxygen atoms in total. The highest BCUT2D eigenvalue weighted by molar-refractivity contribution is 5.47. The van der Waals surface area contributed by atoms with Gasteiger partial charge in [-0.15, -0.1) is 0 Å². The molecule has 0 atom stereocenters. The average molecular weight is 139 g/mol. The van der Waals surface area contributed by atoms with Crippen LogP contribution in [0.5, 0.6) is 5.75 Å². The third-order valence-electron chi connectivity index (χ3n) is 1.07. The first-order chi connectivity index (χ1) is 4.74. The lowest BCUT2D eigenvalue weighted by atomic mass is 10.3. The third-order valence-corrected chi connectivity index (χ3v) is 1.07. The van der Waals surface area contributed by atoms with E-state index in [2.05, 4.69) is 11.6 Å². The van der Waals surface area contributed by atoms with Crippen molar-refractivity contribution in [1.29, 1.82) is 0 Å². The number of hydrogen-bond donors (Lipinski definition) is 1. The Morgan fingerprint density at radius 2 is 2.40 bits per heavy atom. The van der Waals surface area contributed by atoms with Gasteiger partial charge < -0.3 is 5.11 Å². The van der Waals surface area contributed by atoms with Gasteiger partial charge in [0.05, 0.1) is 6.20 Å². The molecule has 0 unspecified atom stereocenters. The molecular formula is C7H6FNO. The predicted octanol–water partition coefficient (Wildman–Crippen LogP) is 1.57. The molecule has 1 heterocycles. The summed E-state index contributed by atoms with van der Waals surface area (Å²) in [4.78, 5) is 3.26. The van der Waals surface area contributed by atoms with E-state index in [1.165, 1.54) is 12.1 Å². The second kappa shape index (κ2) is 2.47. The zero-order valence-corrected chi connectivity index (χ0v) is 5.21. The minimum absolute atomic E-state index is 0.0590. The van der Waals surface area contributed by atoms with Gasteiger partial charge in [0, 0.05) is 5.56 Å². The Hall–Kier alpha value is -1.38. The SMILES string of the molecule is C=Cc1cc(O)cnc1F. The molecule has 1 aromatic rings. The van der Waals surface area contributed by atoms with Gasteiger partial charge in [-0.2, -0.15) is 4.39 Å². The molecule has 52 valence electrons. The summed E-state index contributed by atoms with van der Waals surface area (Å²) in [5.41, 5.74) is 0.208. The van der Waals surface area contributed by atoms with Crippen LogP contribution in [0.15, 0.2) is 18.8 Å². The normalized spacial score (nSPS) is 9.30. The van der Waals surface area contributed by atoms with Crippen molar-refractivity contribution < 1.29 is 9.50 Å². The fourth-order valence-corrected chi connectivity index (χ4v) is 0.597. The molecule has 0 radical (unpaired) electrons. The van der Waals surface area contributed by atoms with Crippen molar-refractivity contribution in [2.45, 2.75) is 0 Å². The van der Waals surface area contributed by atoms with Crippen LogP contribution in [0, 0.1) is 5.95 Å². The van der Waals surface area contributed by atoms with E-state index < -0.39 is 5.95 Å². The van der Waals surface area contributed by atoms with Crippen LogP contribution in [-0.4, -0.2) is 10.1 Å². The maximum absolute atomic E-state index is 12.5. The fourth-order valence-electron chi connectivity index (χ4n) is 0.597. The Morgan fingerprint density at radius 3 is 2.90 bits per heavy atom. The smallest absolute Gasteiger partial charge is 0.220 e. The topological polar surface area (TPSA) is 33.1 Å². The Kier molecular flexibility index (Phi) is 1.67. The number of pyridine rings is 1. The summed E-state index contributed by atoms with van der Waals surface area (Å²) in [6.07, 6.45) is 2.34. The molecule has 0 saturated heterocycles. The van der Waals surface area contributed by atoms with Crippen LogP contribution in [0.2, 0.25) is 0 Å². The molecule has 0 bridgehead atoms. The van der Waals surface area contributed by atoms with Crippen LogP contribution in [0.4, 0.5) is 4.39 Å². The molecular weight excluding hydrogens is 133 g/mol. The number of rotatable bonds is 1. The predicted molar refractivity (Wildman–Crippen MR) is 36.0 cm³/mol. The molecule has 0 aliphatic carbocycles. The van der Waals surface area contributed by atoms with Gasteiger partial charge in [-0.25, -0.2) is 4.98 Å². The van der Waals surface area contributed by atoms with E-state index in [0.717, 1.165) is 6.20 Å². The van der Waals surface area contributed by atoms with Crippen molar-refractivity contribution >= 4 is 6.08 Å². The summed E-state index contributed by atoms with van der Waals surface area (Å²) in [7, 11) is 0. The summed E-state index contributed by atoms with van der Waals surface area (Å²) < 4.78 is 12.5. The van der Waals surface area contributed by atoms with E-state index in [0.29, 0.717) is 0 Å². The Balaban J connectivity index is 3.21. The zero-order chi connectivity index (χ0) is 7.56. The van der Waals surface area contributed by atoms with Gasteiger partial charge in [-0.1, -0.05) is 12.7 Å². The minimum atomic E-state index is -0.618. The van der Waals surface area contributed by atoms with Gasteiger partial charge in [-0.3, -0.25) is 0 Å². The van der Waals surface area contributed by atoms with Crippen molar-refractivity contribution in [3.05, 3.63) is 30.4 Å². The van der Waals surface area contributed by atoms with Crippen molar-refractivity contribution in [3.63, 3.8) is 0 Å². The second-order valence-corrected chi connectivity index (χ2v) is 1.78. The van der Waals surface area contributed by atoms with Gasteiger partial charge in [0.15, 0.2) is 0 Å². The van der Waals surface area contributed by atoms with Gasteiger partial charge in [0.1, 0.15) is 5.75 Å². The van der Waals surface area contributed by atoms with Crippen molar-refractivity contribution in [2.24, 2.45) is 0 Å². The summed E-state index contributed by atoms with van der Waals surface area (Å²) in [6.45, 7) is 3.34. The Bertz CT molecular complexity index is 260. The first-order valence-corrected chi connectivity index (χ1v) is 2.71. The maximum atomic E-state index is 12.5.